The van der Waals surface area contributed by atoms with Crippen LogP contribution in [0.5, 0.6) is 23.0 Å². The van der Waals surface area contributed by atoms with Crippen LogP contribution in [0, 0.1) is 0 Å². The van der Waals surface area contributed by atoms with Gasteiger partial charge in [0.15, 0.2) is 0 Å². The molecule has 0 aromatic heterocycles. The molecule has 3 aliphatic rings. The molecule has 0 radical (unpaired) electrons. The van der Waals surface area contributed by atoms with E-state index < -0.39 is 8.33 Å². The molecule has 23 heavy (non-hydrogen) atoms. The third kappa shape index (κ3) is 1.71. The predicted octanol–water partition coefficient (Wildman–Crippen LogP) is 4.43. The summed E-state index contributed by atoms with van der Waals surface area (Å²) in [6.45, 7) is 0. The Morgan fingerprint density at radius 2 is 1.17 bits per heavy atom. The van der Waals surface area contributed by atoms with Crippen LogP contribution >= 0.6 is 0 Å². The minimum absolute atomic E-state index is 0.0831. The summed E-state index contributed by atoms with van der Waals surface area (Å²) < 4.78 is 25.7. The number of rotatable bonds is 1. The first kappa shape index (κ1) is 13.1. The van der Waals surface area contributed by atoms with Crippen molar-refractivity contribution >= 4 is 8.33 Å². The zero-order chi connectivity index (χ0) is 15.4. The molecule has 0 saturated carbocycles. The monoisotopic (exact) mass is 325 g/mol. The molecule has 5 rings (SSSR count). The van der Waals surface area contributed by atoms with Gasteiger partial charge in [-0.25, -0.2) is 0 Å². The summed E-state index contributed by atoms with van der Waals surface area (Å²) in [6, 6.07) is 15.4. The Labute approximate surface area is 135 Å². The third-order valence-corrected chi connectivity index (χ3v) is 9.02. The van der Waals surface area contributed by atoms with E-state index in [1.165, 1.54) is 0 Å². The van der Waals surface area contributed by atoms with Crippen LogP contribution in [0.3, 0.4) is 0 Å². The molecule has 2 aromatic rings. The van der Waals surface area contributed by atoms with Crippen LogP contribution in [0.2, 0.25) is 5.54 Å². The average molecular weight is 325 g/mol. The van der Waals surface area contributed by atoms with Crippen LogP contribution in [0.4, 0.5) is 0 Å². The quantitative estimate of drug-likeness (QED) is 0.574. The molecule has 118 valence electrons. The maximum atomic E-state index is 6.42. The third-order valence-electron chi connectivity index (χ3n) is 4.81. The van der Waals surface area contributed by atoms with Gasteiger partial charge < -0.3 is 0 Å². The molecular weight excluding hydrogens is 308 g/mol. The zero-order valence-corrected chi connectivity index (χ0v) is 13.6. The van der Waals surface area contributed by atoms with Crippen molar-refractivity contribution in [2.45, 2.75) is 24.8 Å². The first-order valence-corrected chi connectivity index (χ1v) is 10.3. The number of hydrogen-bond acceptors (Lipinski definition) is 4. The maximum absolute atomic E-state index is 6.42. The number of para-hydroxylation sites is 4. The van der Waals surface area contributed by atoms with Crippen molar-refractivity contribution in [2.24, 2.45) is 0 Å². The molecule has 0 fully saturated rings. The van der Waals surface area contributed by atoms with E-state index in [0.29, 0.717) is 23.0 Å². The van der Waals surface area contributed by atoms with E-state index in [0.717, 1.165) is 19.3 Å². The Bertz CT molecular complexity index is 703. The summed E-state index contributed by atoms with van der Waals surface area (Å²) in [6.07, 6.45) is 7.14. The first-order chi connectivity index (χ1) is 11.3. The van der Waals surface area contributed by atoms with Gasteiger partial charge in [-0.3, -0.25) is 0 Å². The summed E-state index contributed by atoms with van der Waals surface area (Å²) in [7, 11) is -4.09. The van der Waals surface area contributed by atoms with E-state index in [1.54, 1.807) is 0 Å². The van der Waals surface area contributed by atoms with E-state index in [9.17, 15) is 0 Å². The van der Waals surface area contributed by atoms with Crippen molar-refractivity contribution < 1.29 is 17.7 Å². The van der Waals surface area contributed by atoms with Crippen molar-refractivity contribution in [1.82, 2.24) is 0 Å². The summed E-state index contributed by atoms with van der Waals surface area (Å²) in [5.41, 5.74) is 0.0831. The fourth-order valence-electron chi connectivity index (χ4n) is 3.71. The van der Waals surface area contributed by atoms with Gasteiger partial charge in [0.2, 0.25) is 0 Å². The van der Waals surface area contributed by atoms with Gasteiger partial charge in [0, 0.05) is 0 Å². The molecule has 2 aromatic carbocycles. The number of benzene rings is 2. The molecule has 1 spiro atoms. The summed E-state index contributed by atoms with van der Waals surface area (Å²) in [5, 5.41) is 0. The van der Waals surface area contributed by atoms with Gasteiger partial charge in [-0.15, -0.1) is 0 Å². The van der Waals surface area contributed by atoms with Gasteiger partial charge in [-0.05, 0) is 0 Å². The fraction of sp³-hybridized carbons (Fsp3) is 0.222. The molecule has 1 unspecified atom stereocenters. The minimum atomic E-state index is -4.09. The molecular formula is C18H17O4Si-. The number of hydrogen-bond donors (Lipinski definition) is 0. The van der Waals surface area contributed by atoms with Crippen LogP contribution in [-0.4, -0.2) is 8.33 Å². The molecule has 4 nitrogen and oxygen atoms in total. The molecule has 1 atom stereocenters. The molecule has 0 amide bonds. The topological polar surface area (TPSA) is 36.9 Å². The Kier molecular flexibility index (Phi) is 2.46. The van der Waals surface area contributed by atoms with Crippen molar-refractivity contribution in [3.8, 4) is 23.0 Å². The van der Waals surface area contributed by atoms with E-state index in [2.05, 4.69) is 12.2 Å². The van der Waals surface area contributed by atoms with Crippen molar-refractivity contribution in [1.29, 1.82) is 0 Å². The normalized spacial score (nSPS) is 26.6. The van der Waals surface area contributed by atoms with Crippen LogP contribution in [0.25, 0.3) is 0 Å². The van der Waals surface area contributed by atoms with Crippen LogP contribution in [0.15, 0.2) is 60.7 Å². The summed E-state index contributed by atoms with van der Waals surface area (Å²) >= 11 is 0. The van der Waals surface area contributed by atoms with E-state index in [1.807, 2.05) is 48.5 Å². The number of allylic oxidation sites excluding steroid dienone is 2. The molecule has 2 heterocycles. The SMILES string of the molecule is C1=CCC([Si-]23(Oc4ccccc4O2)Oc2ccccc2O3)CC1. The second-order valence-corrected chi connectivity index (χ2v) is 9.83. The molecule has 1 aliphatic carbocycles. The van der Waals surface area contributed by atoms with Crippen molar-refractivity contribution in [3.63, 3.8) is 0 Å². The first-order valence-electron chi connectivity index (χ1n) is 8.04. The van der Waals surface area contributed by atoms with Crippen molar-refractivity contribution in [2.75, 3.05) is 0 Å². The predicted molar refractivity (Wildman–Crippen MR) is 87.9 cm³/mol. The van der Waals surface area contributed by atoms with Gasteiger partial charge >= 0.3 is 135 Å². The van der Waals surface area contributed by atoms with Crippen LogP contribution < -0.4 is 17.7 Å². The Morgan fingerprint density at radius 3 is 1.57 bits per heavy atom. The van der Waals surface area contributed by atoms with E-state index >= 15 is 0 Å². The second kappa shape index (κ2) is 4.32. The Balaban J connectivity index is 1.66. The molecule has 0 N–H and O–H groups in total. The van der Waals surface area contributed by atoms with Crippen LogP contribution in [0.1, 0.15) is 19.3 Å². The van der Waals surface area contributed by atoms with Gasteiger partial charge in [-0.1, -0.05) is 0 Å². The molecule has 2 aliphatic heterocycles. The van der Waals surface area contributed by atoms with E-state index in [4.69, 9.17) is 17.7 Å². The molecule has 0 bridgehead atoms. The van der Waals surface area contributed by atoms with E-state index in [-0.39, 0.29) is 5.54 Å². The van der Waals surface area contributed by atoms with Gasteiger partial charge in [0.25, 0.3) is 0 Å². The Morgan fingerprint density at radius 1 is 0.696 bits per heavy atom. The zero-order valence-electron chi connectivity index (χ0n) is 12.6. The van der Waals surface area contributed by atoms with Gasteiger partial charge in [0.1, 0.15) is 0 Å². The van der Waals surface area contributed by atoms with Crippen LogP contribution in [-0.2, 0) is 0 Å². The van der Waals surface area contributed by atoms with Gasteiger partial charge in [-0.2, -0.15) is 0 Å². The fourth-order valence-corrected chi connectivity index (χ4v) is 8.05. The van der Waals surface area contributed by atoms with Crippen molar-refractivity contribution in [3.05, 3.63) is 60.7 Å². The second-order valence-electron chi connectivity index (χ2n) is 6.25. The molecule has 5 heteroatoms. The Hall–Kier alpha value is -2.40. The summed E-state index contributed by atoms with van der Waals surface area (Å²) in [4.78, 5) is 0. The molecule has 0 saturated heterocycles. The average Bonchev–Trinajstić information content (AvgIpc) is 3.11. The number of fused-ring (bicyclic) bond motifs is 2. The van der Waals surface area contributed by atoms with Gasteiger partial charge in [0.05, 0.1) is 0 Å². The summed E-state index contributed by atoms with van der Waals surface area (Å²) in [5.74, 6) is 2.85. The standard InChI is InChI=1S/C18H17O4Si/c1-2-8-14(9-3-1)23(19-15-10-4-5-11-16(15)20-23)21-17-12-6-7-13-18(17)22-23/h1-2,4-7,10-14H,3,8-9H2/q-1.